The summed E-state index contributed by atoms with van der Waals surface area (Å²) in [5, 5.41) is 10.3. The summed E-state index contributed by atoms with van der Waals surface area (Å²) >= 11 is 0. The minimum Gasteiger partial charge on any atom is -0.392 e. The van der Waals surface area contributed by atoms with Gasteiger partial charge in [-0.1, -0.05) is 12.1 Å². The van der Waals surface area contributed by atoms with Crippen molar-refractivity contribution in [1.82, 2.24) is 9.55 Å². The molecule has 0 amide bonds. The van der Waals surface area contributed by atoms with Gasteiger partial charge in [-0.3, -0.25) is 4.98 Å². The second-order valence-electron chi connectivity index (χ2n) is 4.67. The summed E-state index contributed by atoms with van der Waals surface area (Å²) in [4.78, 5) is 4.13. The minimum atomic E-state index is 0.0941. The number of hydrogen-bond donors (Lipinski definition) is 1. The van der Waals surface area contributed by atoms with Crippen LogP contribution in [0.4, 0.5) is 0 Å². The molecule has 96 valence electrons. The highest BCUT2D eigenvalue weighted by molar-refractivity contribution is 5.80. The van der Waals surface area contributed by atoms with Crippen LogP contribution in [0.2, 0.25) is 0 Å². The summed E-state index contributed by atoms with van der Waals surface area (Å²) < 4.78 is 2.24. The summed E-state index contributed by atoms with van der Waals surface area (Å²) in [6.07, 6.45) is 6.78. The number of aryl methyl sites for hydroxylation is 2. The second kappa shape index (κ2) is 5.24. The largest absolute Gasteiger partial charge is 0.392 e. The molecule has 0 aliphatic heterocycles. The summed E-state index contributed by atoms with van der Waals surface area (Å²) in [5.41, 5.74) is 3.41. The second-order valence-corrected chi connectivity index (χ2v) is 4.67. The van der Waals surface area contributed by atoms with Gasteiger partial charge in [-0.25, -0.2) is 0 Å². The Hall–Kier alpha value is -2.13. The smallest absolute Gasteiger partial charge is 0.0682 e. The van der Waals surface area contributed by atoms with Crippen LogP contribution in [-0.2, 0) is 19.6 Å². The van der Waals surface area contributed by atoms with Gasteiger partial charge in [0, 0.05) is 30.7 Å². The van der Waals surface area contributed by atoms with Crippen LogP contribution < -0.4 is 0 Å². The van der Waals surface area contributed by atoms with E-state index in [1.54, 1.807) is 6.20 Å². The first kappa shape index (κ1) is 11.9. The molecular formula is C16H16N2O. The minimum absolute atomic E-state index is 0.0941. The van der Waals surface area contributed by atoms with Gasteiger partial charge in [0.2, 0.25) is 0 Å². The first-order valence-electron chi connectivity index (χ1n) is 6.44. The normalized spacial score (nSPS) is 11.0. The van der Waals surface area contributed by atoms with E-state index >= 15 is 0 Å². The summed E-state index contributed by atoms with van der Waals surface area (Å²) in [6.45, 7) is 1.03. The lowest BCUT2D eigenvalue weighted by Crippen LogP contribution is -2.00. The number of pyridine rings is 1. The van der Waals surface area contributed by atoms with Gasteiger partial charge in [-0.05, 0) is 47.2 Å². The zero-order chi connectivity index (χ0) is 13.1. The lowest BCUT2D eigenvalue weighted by molar-refractivity contribution is 0.282. The molecule has 2 aromatic heterocycles. The number of hydrogen-bond acceptors (Lipinski definition) is 2. The maximum atomic E-state index is 9.14. The molecule has 1 N–H and O–H groups in total. The van der Waals surface area contributed by atoms with Crippen molar-refractivity contribution in [2.45, 2.75) is 19.6 Å². The molecule has 19 heavy (non-hydrogen) atoms. The maximum absolute atomic E-state index is 9.14. The Morgan fingerprint density at radius 1 is 1.11 bits per heavy atom. The van der Waals surface area contributed by atoms with Crippen molar-refractivity contribution in [3.63, 3.8) is 0 Å². The zero-order valence-corrected chi connectivity index (χ0v) is 10.7. The average Bonchev–Trinajstić information content (AvgIpc) is 2.88. The third-order valence-corrected chi connectivity index (χ3v) is 3.38. The zero-order valence-electron chi connectivity index (χ0n) is 10.7. The fourth-order valence-corrected chi connectivity index (χ4v) is 2.34. The van der Waals surface area contributed by atoms with Gasteiger partial charge in [-0.2, -0.15) is 0 Å². The Morgan fingerprint density at radius 2 is 2.05 bits per heavy atom. The van der Waals surface area contributed by atoms with Gasteiger partial charge in [0.1, 0.15) is 0 Å². The number of benzene rings is 1. The molecule has 3 heteroatoms. The van der Waals surface area contributed by atoms with E-state index in [9.17, 15) is 0 Å². The standard InChI is InChI=1S/C16H16N2O/c19-12-14-3-4-16-15(10-14)6-9-18(16)8-5-13-2-1-7-17-11-13/h1-4,6-7,9-11,19H,5,8,12H2. The Morgan fingerprint density at radius 3 is 2.84 bits per heavy atom. The Bertz CT molecular complexity index is 674. The average molecular weight is 252 g/mol. The van der Waals surface area contributed by atoms with Gasteiger partial charge < -0.3 is 9.67 Å². The van der Waals surface area contributed by atoms with Crippen molar-refractivity contribution in [2.75, 3.05) is 0 Å². The molecule has 3 aromatic rings. The fourth-order valence-electron chi connectivity index (χ4n) is 2.34. The number of fused-ring (bicyclic) bond motifs is 1. The van der Waals surface area contributed by atoms with E-state index < -0.39 is 0 Å². The van der Waals surface area contributed by atoms with Crippen molar-refractivity contribution in [3.05, 3.63) is 66.1 Å². The van der Waals surface area contributed by atoms with Crippen LogP contribution in [0.25, 0.3) is 10.9 Å². The SMILES string of the molecule is OCc1ccc2c(ccn2CCc2cccnc2)c1. The summed E-state index contributed by atoms with van der Waals surface area (Å²) in [6, 6.07) is 12.2. The number of rotatable bonds is 4. The molecule has 2 heterocycles. The number of aliphatic hydroxyl groups excluding tert-OH is 1. The van der Waals surface area contributed by atoms with Crippen LogP contribution in [0.15, 0.2) is 55.0 Å². The summed E-state index contributed by atoms with van der Waals surface area (Å²) in [5.74, 6) is 0. The first-order chi connectivity index (χ1) is 9.36. The van der Waals surface area contributed by atoms with Crippen LogP contribution in [0.3, 0.4) is 0 Å². The third kappa shape index (κ3) is 2.51. The Kier molecular flexibility index (Phi) is 3.29. The van der Waals surface area contributed by atoms with Crippen molar-refractivity contribution >= 4 is 10.9 Å². The number of aliphatic hydroxyl groups is 1. The Balaban J connectivity index is 1.82. The van der Waals surface area contributed by atoms with Crippen LogP contribution in [-0.4, -0.2) is 14.7 Å². The lowest BCUT2D eigenvalue weighted by atomic mass is 10.1. The predicted octanol–water partition coefficient (Wildman–Crippen LogP) is 2.77. The van der Waals surface area contributed by atoms with Crippen LogP contribution >= 0.6 is 0 Å². The molecule has 0 atom stereocenters. The molecule has 0 unspecified atom stereocenters. The van der Waals surface area contributed by atoms with E-state index in [-0.39, 0.29) is 6.61 Å². The van der Waals surface area contributed by atoms with Gasteiger partial charge in [-0.15, -0.1) is 0 Å². The first-order valence-corrected chi connectivity index (χ1v) is 6.44. The molecular weight excluding hydrogens is 236 g/mol. The van der Waals surface area contributed by atoms with E-state index in [4.69, 9.17) is 5.11 Å². The van der Waals surface area contributed by atoms with Crippen molar-refractivity contribution in [2.24, 2.45) is 0 Å². The molecule has 1 aromatic carbocycles. The molecule has 0 bridgehead atoms. The van der Waals surface area contributed by atoms with Crippen LogP contribution in [0.5, 0.6) is 0 Å². The molecule has 3 nitrogen and oxygen atoms in total. The monoisotopic (exact) mass is 252 g/mol. The molecule has 0 radical (unpaired) electrons. The topological polar surface area (TPSA) is 38.0 Å². The van der Waals surface area contributed by atoms with E-state index in [2.05, 4.69) is 33.9 Å². The van der Waals surface area contributed by atoms with Crippen LogP contribution in [0, 0.1) is 0 Å². The molecule has 0 saturated heterocycles. The Labute approximate surface area is 112 Å². The molecule has 0 aliphatic rings. The number of aromatic nitrogens is 2. The van der Waals surface area contributed by atoms with Gasteiger partial charge in [0.15, 0.2) is 0 Å². The molecule has 3 rings (SSSR count). The van der Waals surface area contributed by atoms with Gasteiger partial charge in [0.25, 0.3) is 0 Å². The van der Waals surface area contributed by atoms with E-state index in [0.29, 0.717) is 0 Å². The highest BCUT2D eigenvalue weighted by Gasteiger charge is 2.02. The van der Waals surface area contributed by atoms with E-state index in [1.807, 2.05) is 24.4 Å². The predicted molar refractivity (Wildman–Crippen MR) is 75.8 cm³/mol. The van der Waals surface area contributed by atoms with E-state index in [0.717, 1.165) is 18.5 Å². The van der Waals surface area contributed by atoms with Crippen molar-refractivity contribution < 1.29 is 5.11 Å². The van der Waals surface area contributed by atoms with Crippen molar-refractivity contribution in [3.8, 4) is 0 Å². The molecule has 0 spiro atoms. The molecule has 0 aliphatic carbocycles. The van der Waals surface area contributed by atoms with E-state index in [1.165, 1.54) is 16.5 Å². The highest BCUT2D eigenvalue weighted by atomic mass is 16.3. The lowest BCUT2D eigenvalue weighted by Gasteiger charge is -2.06. The quantitative estimate of drug-likeness (QED) is 0.775. The molecule has 0 fully saturated rings. The number of nitrogens with zero attached hydrogens (tertiary/aromatic N) is 2. The fraction of sp³-hybridized carbons (Fsp3) is 0.188. The van der Waals surface area contributed by atoms with Gasteiger partial charge >= 0.3 is 0 Å². The van der Waals surface area contributed by atoms with Gasteiger partial charge in [0.05, 0.1) is 6.61 Å². The van der Waals surface area contributed by atoms with Crippen LogP contribution in [0.1, 0.15) is 11.1 Å². The van der Waals surface area contributed by atoms with Crippen molar-refractivity contribution in [1.29, 1.82) is 0 Å². The third-order valence-electron chi connectivity index (χ3n) is 3.38. The maximum Gasteiger partial charge on any atom is 0.0682 e. The molecule has 0 saturated carbocycles. The summed E-state index contributed by atoms with van der Waals surface area (Å²) in [7, 11) is 0. The highest BCUT2D eigenvalue weighted by Crippen LogP contribution is 2.18.